The lowest BCUT2D eigenvalue weighted by Gasteiger charge is -2.16. The molecule has 0 fully saturated rings. The van der Waals surface area contributed by atoms with Gasteiger partial charge in [-0.25, -0.2) is 5.01 Å². The van der Waals surface area contributed by atoms with Crippen molar-refractivity contribution in [2.24, 2.45) is 5.10 Å². The van der Waals surface area contributed by atoms with Crippen LogP contribution in [0.5, 0.6) is 17.2 Å². The third kappa shape index (κ3) is 5.95. The fraction of sp³-hybridized carbons (Fsp3) is 0.250. The highest BCUT2D eigenvalue weighted by Gasteiger charge is 2.15. The van der Waals surface area contributed by atoms with Gasteiger partial charge in [0.05, 0.1) is 20.4 Å². The van der Waals surface area contributed by atoms with Gasteiger partial charge in [-0.1, -0.05) is 30.3 Å². The SMILES string of the molecule is COc1cc(/C=N\N(C)C(=S)NCc2ccccc2)cc(OC)c1OC(C)=O. The minimum atomic E-state index is -0.465. The maximum atomic E-state index is 11.3. The molecule has 2 rings (SSSR count). The molecular formula is C20H23N3O4S. The van der Waals surface area contributed by atoms with Crippen LogP contribution >= 0.6 is 12.2 Å². The van der Waals surface area contributed by atoms with Crippen LogP contribution in [-0.4, -0.2) is 43.6 Å². The van der Waals surface area contributed by atoms with Crippen molar-refractivity contribution in [3.05, 3.63) is 53.6 Å². The van der Waals surface area contributed by atoms with Gasteiger partial charge in [0.15, 0.2) is 16.6 Å². The molecule has 0 saturated heterocycles. The van der Waals surface area contributed by atoms with Gasteiger partial charge in [0.25, 0.3) is 0 Å². The third-order valence-electron chi connectivity index (χ3n) is 3.69. The highest BCUT2D eigenvalue weighted by Crippen LogP contribution is 2.38. The molecule has 0 amide bonds. The monoisotopic (exact) mass is 401 g/mol. The van der Waals surface area contributed by atoms with Crippen molar-refractivity contribution in [1.82, 2.24) is 10.3 Å². The second-order valence-corrected chi connectivity index (χ2v) is 6.15. The number of nitrogens with zero attached hydrogens (tertiary/aromatic N) is 2. The molecule has 28 heavy (non-hydrogen) atoms. The number of ether oxygens (including phenoxy) is 3. The number of rotatable bonds is 7. The standard InChI is InChI=1S/C20H23N3O4S/c1-14(24)27-19-17(25-3)10-16(11-18(19)26-4)13-22-23(2)20(28)21-12-15-8-6-5-7-9-15/h5-11,13H,12H2,1-4H3,(H,21,28)/b22-13-. The van der Waals surface area contributed by atoms with Crippen LogP contribution < -0.4 is 19.5 Å². The van der Waals surface area contributed by atoms with Crippen LogP contribution in [0.2, 0.25) is 0 Å². The lowest BCUT2D eigenvalue weighted by atomic mass is 10.2. The first-order chi connectivity index (χ1) is 13.4. The highest BCUT2D eigenvalue weighted by atomic mass is 32.1. The minimum absolute atomic E-state index is 0.225. The van der Waals surface area contributed by atoms with Crippen LogP contribution in [0.15, 0.2) is 47.6 Å². The number of hydrazone groups is 1. The van der Waals surface area contributed by atoms with Crippen molar-refractivity contribution >= 4 is 29.5 Å². The zero-order valence-corrected chi connectivity index (χ0v) is 17.1. The molecule has 0 saturated carbocycles. The molecule has 1 N–H and O–H groups in total. The van der Waals surface area contributed by atoms with Gasteiger partial charge in [0, 0.05) is 26.1 Å². The van der Waals surface area contributed by atoms with Crippen molar-refractivity contribution < 1.29 is 19.0 Å². The maximum absolute atomic E-state index is 11.3. The van der Waals surface area contributed by atoms with Gasteiger partial charge in [-0.3, -0.25) is 4.79 Å². The minimum Gasteiger partial charge on any atom is -0.493 e. The van der Waals surface area contributed by atoms with Crippen LogP contribution in [0.3, 0.4) is 0 Å². The van der Waals surface area contributed by atoms with Crippen LogP contribution in [0.25, 0.3) is 0 Å². The number of carbonyl (C=O) groups is 1. The van der Waals surface area contributed by atoms with E-state index >= 15 is 0 Å². The van der Waals surface area contributed by atoms with Gasteiger partial charge in [0.2, 0.25) is 5.75 Å². The summed E-state index contributed by atoms with van der Waals surface area (Å²) in [5.41, 5.74) is 1.82. The van der Waals surface area contributed by atoms with Gasteiger partial charge in [-0.15, -0.1) is 0 Å². The van der Waals surface area contributed by atoms with Crippen molar-refractivity contribution in [2.45, 2.75) is 13.5 Å². The number of methoxy groups -OCH3 is 2. The molecular weight excluding hydrogens is 378 g/mol. The smallest absolute Gasteiger partial charge is 0.308 e. The molecule has 0 aliphatic heterocycles. The molecule has 148 valence electrons. The van der Waals surface area contributed by atoms with Crippen LogP contribution in [0.4, 0.5) is 0 Å². The van der Waals surface area contributed by atoms with Crippen LogP contribution in [0, 0.1) is 0 Å². The molecule has 8 heteroatoms. The van der Waals surface area contributed by atoms with Crippen molar-refractivity contribution in [3.63, 3.8) is 0 Å². The second kappa shape index (κ2) is 10.3. The molecule has 0 aromatic heterocycles. The van der Waals surface area contributed by atoms with E-state index in [1.54, 1.807) is 30.4 Å². The van der Waals surface area contributed by atoms with Crippen LogP contribution in [-0.2, 0) is 11.3 Å². The molecule has 2 aromatic carbocycles. The van der Waals surface area contributed by atoms with Gasteiger partial charge in [0.1, 0.15) is 0 Å². The molecule has 0 aliphatic rings. The van der Waals surface area contributed by atoms with Crippen LogP contribution in [0.1, 0.15) is 18.1 Å². The number of hydrogen-bond donors (Lipinski definition) is 1. The van der Waals surface area contributed by atoms with Gasteiger partial charge < -0.3 is 19.5 Å². The Morgan fingerprint density at radius 3 is 2.32 bits per heavy atom. The Balaban J connectivity index is 2.09. The Morgan fingerprint density at radius 1 is 1.18 bits per heavy atom. The molecule has 0 heterocycles. The third-order valence-corrected chi connectivity index (χ3v) is 4.10. The van der Waals surface area contributed by atoms with E-state index < -0.39 is 5.97 Å². The molecule has 0 unspecified atom stereocenters. The summed E-state index contributed by atoms with van der Waals surface area (Å²) in [6, 6.07) is 13.3. The van der Waals surface area contributed by atoms with E-state index in [0.717, 1.165) is 5.56 Å². The molecule has 2 aromatic rings. The quantitative estimate of drug-likeness (QED) is 0.251. The summed E-state index contributed by atoms with van der Waals surface area (Å²) in [4.78, 5) is 11.3. The number of thiocarbonyl (C=S) groups is 1. The summed E-state index contributed by atoms with van der Waals surface area (Å²) in [7, 11) is 4.72. The highest BCUT2D eigenvalue weighted by molar-refractivity contribution is 7.80. The van der Waals surface area contributed by atoms with Gasteiger partial charge in [-0.05, 0) is 29.9 Å². The van der Waals surface area contributed by atoms with Crippen molar-refractivity contribution in [2.75, 3.05) is 21.3 Å². The van der Waals surface area contributed by atoms with E-state index in [2.05, 4.69) is 10.4 Å². The molecule has 0 aliphatic carbocycles. The molecule has 0 bridgehead atoms. The second-order valence-electron chi connectivity index (χ2n) is 5.76. The fourth-order valence-corrected chi connectivity index (χ4v) is 2.43. The lowest BCUT2D eigenvalue weighted by Crippen LogP contribution is -2.33. The van der Waals surface area contributed by atoms with E-state index in [0.29, 0.717) is 28.7 Å². The van der Waals surface area contributed by atoms with Crippen molar-refractivity contribution in [1.29, 1.82) is 0 Å². The van der Waals surface area contributed by atoms with E-state index in [-0.39, 0.29) is 5.75 Å². The Morgan fingerprint density at radius 2 is 1.79 bits per heavy atom. The average Bonchev–Trinajstić information content (AvgIpc) is 2.70. The fourth-order valence-electron chi connectivity index (χ4n) is 2.31. The summed E-state index contributed by atoms with van der Waals surface area (Å²) >= 11 is 5.35. The Bertz CT molecular complexity index is 831. The Kier molecular flexibility index (Phi) is 7.76. The van der Waals surface area contributed by atoms with E-state index in [9.17, 15) is 4.79 Å². The molecule has 0 radical (unpaired) electrons. The topological polar surface area (TPSA) is 72.4 Å². The number of benzene rings is 2. The Hall–Kier alpha value is -3.13. The van der Waals surface area contributed by atoms with Crippen molar-refractivity contribution in [3.8, 4) is 17.2 Å². The zero-order valence-electron chi connectivity index (χ0n) is 16.3. The van der Waals surface area contributed by atoms with Gasteiger partial charge >= 0.3 is 5.97 Å². The van der Waals surface area contributed by atoms with Gasteiger partial charge in [-0.2, -0.15) is 5.10 Å². The first kappa shape index (κ1) is 21.2. The molecule has 0 spiro atoms. The summed E-state index contributed by atoms with van der Waals surface area (Å²) in [5, 5.41) is 9.52. The maximum Gasteiger partial charge on any atom is 0.308 e. The lowest BCUT2D eigenvalue weighted by molar-refractivity contribution is -0.132. The first-order valence-corrected chi connectivity index (χ1v) is 8.89. The summed E-state index contributed by atoms with van der Waals surface area (Å²) in [6.45, 7) is 1.92. The summed E-state index contributed by atoms with van der Waals surface area (Å²) < 4.78 is 15.8. The predicted molar refractivity (Wildman–Crippen MR) is 112 cm³/mol. The number of esters is 1. The molecule has 0 atom stereocenters. The summed E-state index contributed by atoms with van der Waals surface area (Å²) in [6.07, 6.45) is 1.61. The largest absolute Gasteiger partial charge is 0.493 e. The predicted octanol–water partition coefficient (Wildman–Crippen LogP) is 2.97. The van der Waals surface area contributed by atoms with E-state index in [1.165, 1.54) is 21.1 Å². The van der Waals surface area contributed by atoms with E-state index in [1.807, 2.05) is 30.3 Å². The zero-order chi connectivity index (χ0) is 20.5. The number of carbonyl (C=O) groups excluding carboxylic acids is 1. The average molecular weight is 401 g/mol. The number of hydrogen-bond acceptors (Lipinski definition) is 6. The summed E-state index contributed by atoms with van der Waals surface area (Å²) in [5.74, 6) is 0.488. The Labute approximate surface area is 169 Å². The van der Waals surface area contributed by atoms with E-state index in [4.69, 9.17) is 26.4 Å². The first-order valence-electron chi connectivity index (χ1n) is 8.48. The normalized spacial score (nSPS) is 10.4. The molecule has 7 nitrogen and oxygen atoms in total. The number of nitrogens with one attached hydrogen (secondary N) is 1.